The maximum atomic E-state index is 4.56. The predicted molar refractivity (Wildman–Crippen MR) is 112 cm³/mol. The molecule has 0 fully saturated rings. The molecule has 0 saturated carbocycles. The first kappa shape index (κ1) is 22.9. The van der Waals surface area contributed by atoms with Gasteiger partial charge in [0.15, 0.2) is 5.96 Å². The van der Waals surface area contributed by atoms with E-state index in [1.807, 2.05) is 6.92 Å². The standard InChI is InChI=1S/C17H32N6.HI/c1-5-7-8-9-10-18-17(20-13-15(3)4)19-11-12-23-14-21-22-16(23)6-2;/h14H,3,5-13H2,1-2,4H3,(H2,18,19,20);1H. The molecule has 0 bridgehead atoms. The Labute approximate surface area is 163 Å². The summed E-state index contributed by atoms with van der Waals surface area (Å²) >= 11 is 0. The van der Waals surface area contributed by atoms with Crippen molar-refractivity contribution in [1.82, 2.24) is 25.4 Å². The van der Waals surface area contributed by atoms with E-state index in [1.165, 1.54) is 25.7 Å². The Balaban J connectivity index is 0.00000529. The van der Waals surface area contributed by atoms with Crippen molar-refractivity contribution in [3.8, 4) is 0 Å². The van der Waals surface area contributed by atoms with Crippen LogP contribution >= 0.6 is 24.0 Å². The maximum absolute atomic E-state index is 4.56. The minimum atomic E-state index is 0. The smallest absolute Gasteiger partial charge is 0.191 e. The van der Waals surface area contributed by atoms with Crippen LogP contribution in [-0.2, 0) is 13.0 Å². The average molecular weight is 448 g/mol. The molecule has 1 aromatic rings. The molecule has 6 nitrogen and oxygen atoms in total. The Morgan fingerprint density at radius 3 is 2.62 bits per heavy atom. The lowest BCUT2D eigenvalue weighted by Gasteiger charge is -2.13. The molecule has 0 aliphatic carbocycles. The number of hydrogen-bond donors (Lipinski definition) is 2. The molecular weight excluding hydrogens is 415 g/mol. The molecule has 0 aromatic carbocycles. The van der Waals surface area contributed by atoms with Crippen LogP contribution in [0, 0.1) is 0 Å². The number of guanidine groups is 1. The van der Waals surface area contributed by atoms with Crippen molar-refractivity contribution in [3.63, 3.8) is 0 Å². The van der Waals surface area contributed by atoms with Crippen LogP contribution in [0.5, 0.6) is 0 Å². The lowest BCUT2D eigenvalue weighted by molar-refractivity contribution is 0.620. The van der Waals surface area contributed by atoms with E-state index in [0.29, 0.717) is 6.54 Å². The van der Waals surface area contributed by atoms with Crippen LogP contribution in [-0.4, -0.2) is 40.4 Å². The zero-order valence-electron chi connectivity index (χ0n) is 15.3. The summed E-state index contributed by atoms with van der Waals surface area (Å²) in [6, 6.07) is 0. The molecule has 1 rings (SSSR count). The van der Waals surface area contributed by atoms with Gasteiger partial charge in [-0.1, -0.05) is 45.3 Å². The van der Waals surface area contributed by atoms with Crippen LogP contribution in [0.4, 0.5) is 0 Å². The highest BCUT2D eigenvalue weighted by atomic mass is 127. The summed E-state index contributed by atoms with van der Waals surface area (Å²) in [4.78, 5) is 4.56. The number of nitrogens with zero attached hydrogens (tertiary/aromatic N) is 4. The summed E-state index contributed by atoms with van der Waals surface area (Å²) in [6.07, 6.45) is 7.66. The second-order valence-electron chi connectivity index (χ2n) is 5.83. The van der Waals surface area contributed by atoms with E-state index in [0.717, 1.165) is 43.4 Å². The van der Waals surface area contributed by atoms with Crippen molar-refractivity contribution in [3.05, 3.63) is 24.3 Å². The van der Waals surface area contributed by atoms with E-state index >= 15 is 0 Å². The van der Waals surface area contributed by atoms with E-state index in [9.17, 15) is 0 Å². The number of rotatable bonds is 11. The molecular formula is C17H33IN6. The van der Waals surface area contributed by atoms with Crippen molar-refractivity contribution < 1.29 is 0 Å². The van der Waals surface area contributed by atoms with E-state index < -0.39 is 0 Å². The molecule has 0 spiro atoms. The fraction of sp³-hybridized carbons (Fsp3) is 0.706. The van der Waals surface area contributed by atoms with Crippen molar-refractivity contribution in [1.29, 1.82) is 0 Å². The number of aromatic nitrogens is 3. The Kier molecular flexibility index (Phi) is 13.6. The van der Waals surface area contributed by atoms with Gasteiger partial charge in [-0.2, -0.15) is 0 Å². The lowest BCUT2D eigenvalue weighted by atomic mass is 10.2. The molecule has 2 N–H and O–H groups in total. The Hall–Kier alpha value is -1.12. The number of unbranched alkanes of at least 4 members (excludes halogenated alkanes) is 3. The largest absolute Gasteiger partial charge is 0.356 e. The topological polar surface area (TPSA) is 67.1 Å². The lowest BCUT2D eigenvalue weighted by Crippen LogP contribution is -2.39. The van der Waals surface area contributed by atoms with Crippen LogP contribution in [0.25, 0.3) is 0 Å². The molecule has 0 aliphatic rings. The fourth-order valence-corrected chi connectivity index (χ4v) is 2.18. The monoisotopic (exact) mass is 448 g/mol. The fourth-order valence-electron chi connectivity index (χ4n) is 2.18. The van der Waals surface area contributed by atoms with Gasteiger partial charge in [-0.3, -0.25) is 0 Å². The Morgan fingerprint density at radius 1 is 1.21 bits per heavy atom. The minimum absolute atomic E-state index is 0. The van der Waals surface area contributed by atoms with E-state index in [-0.39, 0.29) is 24.0 Å². The Morgan fingerprint density at radius 2 is 1.96 bits per heavy atom. The molecule has 0 saturated heterocycles. The van der Waals surface area contributed by atoms with Crippen molar-refractivity contribution in [2.75, 3.05) is 19.6 Å². The summed E-state index contributed by atoms with van der Waals surface area (Å²) in [5, 5.41) is 14.8. The minimum Gasteiger partial charge on any atom is -0.356 e. The van der Waals surface area contributed by atoms with Crippen LogP contribution in [0.1, 0.15) is 52.3 Å². The van der Waals surface area contributed by atoms with Gasteiger partial charge in [0, 0.05) is 26.1 Å². The first-order valence-electron chi connectivity index (χ1n) is 8.70. The van der Waals surface area contributed by atoms with Gasteiger partial charge in [0.05, 0.1) is 6.54 Å². The normalized spacial score (nSPS) is 11.0. The van der Waals surface area contributed by atoms with Gasteiger partial charge < -0.3 is 15.2 Å². The predicted octanol–water partition coefficient (Wildman–Crippen LogP) is 3.15. The number of aryl methyl sites for hydroxylation is 1. The quantitative estimate of drug-likeness (QED) is 0.180. The first-order chi connectivity index (χ1) is 11.2. The second kappa shape index (κ2) is 14.2. The maximum Gasteiger partial charge on any atom is 0.191 e. The highest BCUT2D eigenvalue weighted by molar-refractivity contribution is 14.0. The molecule has 1 aromatic heterocycles. The van der Waals surface area contributed by atoms with Crippen LogP contribution in [0.15, 0.2) is 23.5 Å². The van der Waals surface area contributed by atoms with Crippen LogP contribution in [0.3, 0.4) is 0 Å². The molecule has 24 heavy (non-hydrogen) atoms. The summed E-state index contributed by atoms with van der Waals surface area (Å²) in [5.74, 6) is 1.87. The molecule has 0 radical (unpaired) electrons. The van der Waals surface area contributed by atoms with Gasteiger partial charge in [-0.05, 0) is 13.3 Å². The zero-order chi connectivity index (χ0) is 16.9. The van der Waals surface area contributed by atoms with Gasteiger partial charge in [-0.15, -0.1) is 34.2 Å². The number of hydrogen-bond acceptors (Lipinski definition) is 3. The van der Waals surface area contributed by atoms with Crippen molar-refractivity contribution in [2.24, 2.45) is 4.99 Å². The molecule has 0 aliphatic heterocycles. The van der Waals surface area contributed by atoms with Crippen LogP contribution in [0.2, 0.25) is 0 Å². The highest BCUT2D eigenvalue weighted by Gasteiger charge is 2.02. The SMILES string of the molecule is C=C(C)CN=C(NCCCCCC)NCCn1cnnc1CC.I. The summed E-state index contributed by atoms with van der Waals surface area (Å²) < 4.78 is 2.07. The number of halogens is 1. The summed E-state index contributed by atoms with van der Waals surface area (Å²) in [5.41, 5.74) is 1.06. The van der Waals surface area contributed by atoms with Crippen LogP contribution < -0.4 is 10.6 Å². The highest BCUT2D eigenvalue weighted by Crippen LogP contribution is 1.97. The average Bonchev–Trinajstić information content (AvgIpc) is 2.99. The van der Waals surface area contributed by atoms with Gasteiger partial charge in [0.2, 0.25) is 0 Å². The molecule has 0 amide bonds. The summed E-state index contributed by atoms with van der Waals surface area (Å²) in [6.45, 7) is 13.4. The van der Waals surface area contributed by atoms with E-state index in [1.54, 1.807) is 6.33 Å². The van der Waals surface area contributed by atoms with Crippen molar-refractivity contribution in [2.45, 2.75) is 59.4 Å². The third kappa shape index (κ3) is 9.89. The Bertz CT molecular complexity index is 483. The number of nitrogens with one attached hydrogen (secondary N) is 2. The third-order valence-corrected chi connectivity index (χ3v) is 3.49. The van der Waals surface area contributed by atoms with Gasteiger partial charge in [0.1, 0.15) is 12.2 Å². The zero-order valence-corrected chi connectivity index (χ0v) is 17.7. The van der Waals surface area contributed by atoms with Gasteiger partial charge >= 0.3 is 0 Å². The first-order valence-corrected chi connectivity index (χ1v) is 8.70. The second-order valence-corrected chi connectivity index (χ2v) is 5.83. The van der Waals surface area contributed by atoms with E-state index in [4.69, 9.17) is 0 Å². The molecule has 0 unspecified atom stereocenters. The third-order valence-electron chi connectivity index (χ3n) is 3.49. The van der Waals surface area contributed by atoms with Crippen molar-refractivity contribution >= 4 is 29.9 Å². The molecule has 0 atom stereocenters. The molecule has 1 heterocycles. The number of aliphatic imine (C=N–C) groups is 1. The van der Waals surface area contributed by atoms with Gasteiger partial charge in [0.25, 0.3) is 0 Å². The molecule has 7 heteroatoms. The summed E-state index contributed by atoms with van der Waals surface area (Å²) in [7, 11) is 0. The molecule has 138 valence electrons. The van der Waals surface area contributed by atoms with E-state index in [2.05, 4.69) is 50.8 Å². The van der Waals surface area contributed by atoms with Gasteiger partial charge in [-0.25, -0.2) is 4.99 Å².